The van der Waals surface area contributed by atoms with E-state index in [0.29, 0.717) is 49.9 Å². The number of nitrogens with zero attached hydrogens (tertiary/aromatic N) is 3. The van der Waals surface area contributed by atoms with Crippen molar-refractivity contribution in [2.24, 2.45) is 0 Å². The van der Waals surface area contributed by atoms with E-state index in [0.717, 1.165) is 10.9 Å². The molecule has 1 aliphatic heterocycles. The molecule has 0 atom stereocenters. The van der Waals surface area contributed by atoms with Crippen LogP contribution in [0.4, 0.5) is 0 Å². The average molecular weight is 388 g/mol. The van der Waals surface area contributed by atoms with Crippen LogP contribution in [0, 0.1) is 0 Å². The van der Waals surface area contributed by atoms with Crippen molar-refractivity contribution < 1.29 is 17.9 Å². The normalized spacial score (nSPS) is 17.2. The zero-order valence-corrected chi connectivity index (χ0v) is 15.9. The molecule has 3 rings (SSSR count). The molecule has 138 valence electrons. The number of hydrogen-bond donors (Lipinski definition) is 0. The number of sulfonamides is 1. The Balaban J connectivity index is 1.77. The van der Waals surface area contributed by atoms with E-state index in [1.54, 1.807) is 19.4 Å². The second-order valence-electron chi connectivity index (χ2n) is 6.18. The van der Waals surface area contributed by atoms with E-state index in [9.17, 15) is 8.42 Å². The first kappa shape index (κ1) is 18.4. The van der Waals surface area contributed by atoms with Crippen LogP contribution in [0.1, 0.15) is 12.8 Å². The van der Waals surface area contributed by atoms with Gasteiger partial charge in [0.15, 0.2) is 0 Å². The van der Waals surface area contributed by atoms with Crippen LogP contribution in [0.25, 0.3) is 10.9 Å². The van der Waals surface area contributed by atoms with Crippen molar-refractivity contribution in [3.63, 3.8) is 0 Å². The molecule has 2 heterocycles. The Labute approximate surface area is 152 Å². The summed E-state index contributed by atoms with van der Waals surface area (Å²) in [6, 6.07) is 3.65. The largest absolute Gasteiger partial charge is 0.490 e. The summed E-state index contributed by atoms with van der Waals surface area (Å²) < 4.78 is 37.8. The van der Waals surface area contributed by atoms with E-state index >= 15 is 0 Å². The van der Waals surface area contributed by atoms with Crippen molar-refractivity contribution >= 4 is 32.5 Å². The lowest BCUT2D eigenvalue weighted by molar-refractivity contribution is 0.137. The summed E-state index contributed by atoms with van der Waals surface area (Å²) in [5.41, 5.74) is 0.896. The van der Waals surface area contributed by atoms with Crippen LogP contribution in [-0.4, -0.2) is 61.7 Å². The van der Waals surface area contributed by atoms with Crippen LogP contribution in [0.15, 0.2) is 18.3 Å². The molecule has 2 aromatic rings. The first-order valence-electron chi connectivity index (χ1n) is 8.14. The maximum absolute atomic E-state index is 11.6. The van der Waals surface area contributed by atoms with Crippen molar-refractivity contribution in [2.75, 3.05) is 33.1 Å². The maximum Gasteiger partial charge on any atom is 0.211 e. The number of aromatic nitrogens is 2. The summed E-state index contributed by atoms with van der Waals surface area (Å²) in [5.74, 6) is 0.684. The second-order valence-corrected chi connectivity index (χ2v) is 8.60. The molecule has 1 aliphatic rings. The van der Waals surface area contributed by atoms with Crippen molar-refractivity contribution in [3.8, 4) is 5.75 Å². The number of rotatable bonds is 6. The smallest absolute Gasteiger partial charge is 0.211 e. The van der Waals surface area contributed by atoms with Gasteiger partial charge in [-0.25, -0.2) is 12.7 Å². The van der Waals surface area contributed by atoms with Gasteiger partial charge in [0, 0.05) is 25.2 Å². The topological polar surface area (TPSA) is 73.7 Å². The number of fused-ring (bicyclic) bond motifs is 1. The van der Waals surface area contributed by atoms with Gasteiger partial charge in [-0.1, -0.05) is 11.6 Å². The van der Waals surface area contributed by atoms with Crippen LogP contribution in [-0.2, 0) is 21.3 Å². The lowest BCUT2D eigenvalue weighted by Crippen LogP contribution is -2.41. The third-order valence-electron chi connectivity index (χ3n) is 4.36. The molecule has 9 heteroatoms. The Morgan fingerprint density at radius 1 is 1.32 bits per heavy atom. The molecule has 0 saturated carbocycles. The summed E-state index contributed by atoms with van der Waals surface area (Å²) in [4.78, 5) is 0. The Morgan fingerprint density at radius 2 is 2.04 bits per heavy atom. The molecule has 7 nitrogen and oxygen atoms in total. The van der Waals surface area contributed by atoms with Gasteiger partial charge in [0.2, 0.25) is 10.0 Å². The summed E-state index contributed by atoms with van der Waals surface area (Å²) >= 11 is 6.25. The second kappa shape index (κ2) is 7.49. The van der Waals surface area contributed by atoms with Crippen molar-refractivity contribution in [3.05, 3.63) is 23.4 Å². The Morgan fingerprint density at radius 3 is 2.68 bits per heavy atom. The fourth-order valence-corrected chi connectivity index (χ4v) is 4.10. The van der Waals surface area contributed by atoms with Crippen molar-refractivity contribution in [1.82, 2.24) is 14.1 Å². The molecule has 1 aromatic heterocycles. The van der Waals surface area contributed by atoms with Crippen LogP contribution in [0.5, 0.6) is 5.75 Å². The van der Waals surface area contributed by atoms with Gasteiger partial charge < -0.3 is 9.47 Å². The Hall–Kier alpha value is -1.35. The minimum Gasteiger partial charge on any atom is -0.490 e. The predicted molar refractivity (Wildman–Crippen MR) is 96.7 cm³/mol. The first-order chi connectivity index (χ1) is 11.9. The molecule has 0 unspecified atom stereocenters. The zero-order valence-electron chi connectivity index (χ0n) is 14.3. The van der Waals surface area contributed by atoms with Crippen LogP contribution in [0.3, 0.4) is 0 Å². The molecular formula is C16H22ClN3O4S. The van der Waals surface area contributed by atoms with Gasteiger partial charge in [0.05, 0.1) is 36.5 Å². The minimum absolute atomic E-state index is 0.0398. The molecule has 0 aliphatic carbocycles. The summed E-state index contributed by atoms with van der Waals surface area (Å²) in [6.07, 6.45) is 4.27. The molecule has 0 bridgehead atoms. The molecular weight excluding hydrogens is 366 g/mol. The lowest BCUT2D eigenvalue weighted by Gasteiger charge is -2.30. The van der Waals surface area contributed by atoms with Gasteiger partial charge in [0.25, 0.3) is 0 Å². The van der Waals surface area contributed by atoms with E-state index in [1.807, 2.05) is 10.7 Å². The fourth-order valence-electron chi connectivity index (χ4n) is 3.03. The summed E-state index contributed by atoms with van der Waals surface area (Å²) in [6.45, 7) is 2.14. The third-order valence-corrected chi connectivity index (χ3v) is 5.88. The van der Waals surface area contributed by atoms with Crippen LogP contribution in [0.2, 0.25) is 5.02 Å². The lowest BCUT2D eigenvalue weighted by atomic mass is 10.1. The van der Waals surface area contributed by atoms with E-state index in [2.05, 4.69) is 5.10 Å². The SMILES string of the molecule is COCCn1ncc2c(OC3CCN(S(C)(=O)=O)CC3)cc(Cl)cc21. The number of halogens is 1. The van der Waals surface area contributed by atoms with Crippen molar-refractivity contribution in [1.29, 1.82) is 0 Å². The number of benzene rings is 1. The van der Waals surface area contributed by atoms with Crippen LogP contribution >= 0.6 is 11.6 Å². The van der Waals surface area contributed by atoms with E-state index < -0.39 is 10.0 Å². The van der Waals surface area contributed by atoms with Crippen molar-refractivity contribution in [2.45, 2.75) is 25.5 Å². The molecule has 0 amide bonds. The first-order valence-corrected chi connectivity index (χ1v) is 10.4. The maximum atomic E-state index is 11.6. The van der Waals surface area contributed by atoms with Gasteiger partial charge in [-0.15, -0.1) is 0 Å². The highest BCUT2D eigenvalue weighted by molar-refractivity contribution is 7.88. The molecule has 0 radical (unpaired) electrons. The van der Waals surface area contributed by atoms with Gasteiger partial charge >= 0.3 is 0 Å². The molecule has 0 N–H and O–H groups in total. The van der Waals surface area contributed by atoms with Gasteiger partial charge in [-0.3, -0.25) is 4.68 Å². The highest BCUT2D eigenvalue weighted by Crippen LogP contribution is 2.32. The quantitative estimate of drug-likeness (QED) is 0.759. The summed E-state index contributed by atoms with van der Waals surface area (Å²) in [5, 5.41) is 5.86. The molecule has 1 aromatic carbocycles. The number of methoxy groups -OCH3 is 1. The Bertz CT molecular complexity index is 844. The number of ether oxygens (including phenoxy) is 2. The monoisotopic (exact) mass is 387 g/mol. The van der Waals surface area contributed by atoms with Gasteiger partial charge in [-0.05, 0) is 25.0 Å². The number of piperidine rings is 1. The minimum atomic E-state index is -3.14. The highest BCUT2D eigenvalue weighted by Gasteiger charge is 2.26. The van der Waals surface area contributed by atoms with Gasteiger partial charge in [0.1, 0.15) is 11.9 Å². The zero-order chi connectivity index (χ0) is 18.0. The van der Waals surface area contributed by atoms with Crippen LogP contribution < -0.4 is 4.74 Å². The van der Waals surface area contributed by atoms with E-state index in [4.69, 9.17) is 21.1 Å². The fraction of sp³-hybridized carbons (Fsp3) is 0.562. The average Bonchev–Trinajstić information content (AvgIpc) is 2.95. The predicted octanol–water partition coefficient (Wildman–Crippen LogP) is 2.14. The molecule has 1 fully saturated rings. The summed E-state index contributed by atoms with van der Waals surface area (Å²) in [7, 11) is -1.49. The number of hydrogen-bond acceptors (Lipinski definition) is 5. The molecule has 0 spiro atoms. The standard InChI is InChI=1S/C16H22ClN3O4S/c1-23-8-7-20-15-9-12(17)10-16(14(15)11-18-20)24-13-3-5-19(6-4-13)25(2,21)22/h9-11,13H,3-8H2,1-2H3. The highest BCUT2D eigenvalue weighted by atomic mass is 35.5. The molecule has 25 heavy (non-hydrogen) atoms. The van der Waals surface area contributed by atoms with E-state index in [1.165, 1.54) is 10.6 Å². The third kappa shape index (κ3) is 4.25. The van der Waals surface area contributed by atoms with E-state index in [-0.39, 0.29) is 6.10 Å². The van der Waals surface area contributed by atoms with Gasteiger partial charge in [-0.2, -0.15) is 5.10 Å². The Kier molecular flexibility index (Phi) is 5.52. The molecule has 1 saturated heterocycles.